The van der Waals surface area contributed by atoms with Gasteiger partial charge in [0.15, 0.2) is 0 Å². The molecule has 0 radical (unpaired) electrons. The van der Waals surface area contributed by atoms with E-state index < -0.39 is 5.54 Å². The molecule has 1 rings (SSSR count). The van der Waals surface area contributed by atoms with Crippen molar-refractivity contribution in [2.75, 3.05) is 13.7 Å². The molecule has 0 fully saturated rings. The molecule has 0 saturated heterocycles. The van der Waals surface area contributed by atoms with E-state index in [0.717, 1.165) is 38.8 Å². The van der Waals surface area contributed by atoms with Gasteiger partial charge in [-0.25, -0.2) is 0 Å². The molecule has 20 heavy (non-hydrogen) atoms. The van der Waals surface area contributed by atoms with Crippen molar-refractivity contribution >= 4 is 5.97 Å². The zero-order valence-corrected chi connectivity index (χ0v) is 13.1. The molecule has 0 aliphatic rings. The summed E-state index contributed by atoms with van der Waals surface area (Å²) in [5, 5.41) is 7.56. The lowest BCUT2D eigenvalue weighted by Crippen LogP contribution is -2.50. The van der Waals surface area contributed by atoms with Gasteiger partial charge in [-0.15, -0.1) is 0 Å². The third-order valence-corrected chi connectivity index (χ3v) is 3.63. The summed E-state index contributed by atoms with van der Waals surface area (Å²) in [6, 6.07) is 2.00. The number of esters is 1. The van der Waals surface area contributed by atoms with Crippen molar-refractivity contribution in [2.45, 2.75) is 58.5 Å². The maximum absolute atomic E-state index is 11.9. The first-order valence-corrected chi connectivity index (χ1v) is 7.35. The number of nitrogens with one attached hydrogen (secondary N) is 1. The molecule has 0 aromatic carbocycles. The van der Waals surface area contributed by atoms with Crippen LogP contribution in [-0.2, 0) is 16.1 Å². The summed E-state index contributed by atoms with van der Waals surface area (Å²) in [5.41, 5.74) is 0.592. The van der Waals surface area contributed by atoms with Gasteiger partial charge in [0.2, 0.25) is 0 Å². The lowest BCUT2D eigenvalue weighted by Gasteiger charge is -2.28. The van der Waals surface area contributed by atoms with E-state index in [4.69, 9.17) is 4.74 Å². The number of hydrogen-bond acceptors (Lipinski definition) is 4. The first-order chi connectivity index (χ1) is 9.53. The van der Waals surface area contributed by atoms with Gasteiger partial charge in [0.05, 0.1) is 7.11 Å². The average Bonchev–Trinajstić information content (AvgIpc) is 2.86. The molecule has 0 spiro atoms. The number of methoxy groups -OCH3 is 1. The van der Waals surface area contributed by atoms with Crippen molar-refractivity contribution in [3.8, 4) is 0 Å². The zero-order valence-electron chi connectivity index (χ0n) is 13.1. The molecule has 0 saturated carbocycles. The first kappa shape index (κ1) is 16.7. The smallest absolute Gasteiger partial charge is 0.325 e. The molecule has 114 valence electrons. The summed E-state index contributed by atoms with van der Waals surface area (Å²) in [6.07, 6.45) is 5.56. The molecule has 5 heteroatoms. The first-order valence-electron chi connectivity index (χ1n) is 7.35. The Morgan fingerprint density at radius 3 is 2.80 bits per heavy atom. The highest BCUT2D eigenvalue weighted by atomic mass is 16.5. The zero-order chi connectivity index (χ0) is 15.0. The van der Waals surface area contributed by atoms with E-state index in [2.05, 4.69) is 17.3 Å². The second kappa shape index (κ2) is 8.04. The van der Waals surface area contributed by atoms with E-state index in [1.807, 2.05) is 30.8 Å². The van der Waals surface area contributed by atoms with Crippen LogP contribution in [0.5, 0.6) is 0 Å². The Balaban J connectivity index is 2.42. The summed E-state index contributed by atoms with van der Waals surface area (Å²) < 4.78 is 6.91. The number of carbonyl (C=O) groups excluding carboxylic acids is 1. The number of unbranched alkanes of at least 4 members (excludes halogenated alkanes) is 1. The number of nitrogens with zero attached hydrogens (tertiary/aromatic N) is 2. The summed E-state index contributed by atoms with van der Waals surface area (Å²) in [5.74, 6) is -0.179. The molecule has 1 unspecified atom stereocenters. The van der Waals surface area contributed by atoms with Gasteiger partial charge < -0.3 is 10.1 Å². The fourth-order valence-corrected chi connectivity index (χ4v) is 2.26. The van der Waals surface area contributed by atoms with Gasteiger partial charge in [0.1, 0.15) is 5.54 Å². The SMILES string of the molecule is CCCNC(C)(CCCCn1nccc1C)C(=O)OC. The van der Waals surface area contributed by atoms with Gasteiger partial charge >= 0.3 is 5.97 Å². The number of aromatic nitrogens is 2. The highest BCUT2D eigenvalue weighted by Gasteiger charge is 2.32. The maximum atomic E-state index is 11.9. The Kier molecular flexibility index (Phi) is 6.71. The monoisotopic (exact) mass is 281 g/mol. The lowest BCUT2D eigenvalue weighted by atomic mass is 9.94. The Morgan fingerprint density at radius 1 is 1.50 bits per heavy atom. The van der Waals surface area contributed by atoms with Crippen LogP contribution in [0, 0.1) is 6.92 Å². The fourth-order valence-electron chi connectivity index (χ4n) is 2.26. The number of rotatable bonds is 9. The Hall–Kier alpha value is -1.36. The normalized spacial score (nSPS) is 14.0. The molecule has 1 aromatic rings. The van der Waals surface area contributed by atoms with Crippen molar-refractivity contribution in [2.24, 2.45) is 0 Å². The quantitative estimate of drug-likeness (QED) is 0.557. The molecule has 0 bridgehead atoms. The van der Waals surface area contributed by atoms with Crippen LogP contribution in [0.3, 0.4) is 0 Å². The average molecular weight is 281 g/mol. The molecular weight excluding hydrogens is 254 g/mol. The summed E-state index contributed by atoms with van der Waals surface area (Å²) >= 11 is 0. The van der Waals surface area contributed by atoms with Gasteiger partial charge in [-0.2, -0.15) is 5.10 Å². The van der Waals surface area contributed by atoms with Crippen molar-refractivity contribution in [3.63, 3.8) is 0 Å². The largest absolute Gasteiger partial charge is 0.468 e. The van der Waals surface area contributed by atoms with Crippen LogP contribution < -0.4 is 5.32 Å². The van der Waals surface area contributed by atoms with Crippen LogP contribution >= 0.6 is 0 Å². The second-order valence-electron chi connectivity index (χ2n) is 5.40. The third-order valence-electron chi connectivity index (χ3n) is 3.63. The number of ether oxygens (including phenoxy) is 1. The predicted molar refractivity (Wildman–Crippen MR) is 79.5 cm³/mol. The molecular formula is C15H27N3O2. The van der Waals surface area contributed by atoms with Crippen LogP contribution in [0.4, 0.5) is 0 Å². The van der Waals surface area contributed by atoms with Crippen molar-refractivity contribution in [1.29, 1.82) is 0 Å². The highest BCUT2D eigenvalue weighted by molar-refractivity contribution is 5.80. The number of carbonyl (C=O) groups is 1. The Labute approximate surface area is 121 Å². The van der Waals surface area contributed by atoms with E-state index >= 15 is 0 Å². The maximum Gasteiger partial charge on any atom is 0.325 e. The summed E-state index contributed by atoms with van der Waals surface area (Å²) in [6.45, 7) is 7.78. The van der Waals surface area contributed by atoms with Gasteiger partial charge in [-0.1, -0.05) is 6.92 Å². The van der Waals surface area contributed by atoms with Gasteiger partial charge in [-0.05, 0) is 52.1 Å². The molecule has 1 atom stereocenters. The summed E-state index contributed by atoms with van der Waals surface area (Å²) in [4.78, 5) is 11.9. The van der Waals surface area contributed by atoms with Crippen LogP contribution in [0.25, 0.3) is 0 Å². The number of aryl methyl sites for hydroxylation is 2. The van der Waals surface area contributed by atoms with Crippen molar-refractivity contribution in [1.82, 2.24) is 15.1 Å². The predicted octanol–water partition coefficient (Wildman–Crippen LogP) is 2.29. The van der Waals surface area contributed by atoms with Crippen LogP contribution in [0.15, 0.2) is 12.3 Å². The Morgan fingerprint density at radius 2 is 2.25 bits per heavy atom. The van der Waals surface area contributed by atoms with Crippen LogP contribution in [0.2, 0.25) is 0 Å². The molecule has 5 nitrogen and oxygen atoms in total. The molecule has 1 aromatic heterocycles. The minimum absolute atomic E-state index is 0.179. The van der Waals surface area contributed by atoms with Gasteiger partial charge in [0.25, 0.3) is 0 Å². The van der Waals surface area contributed by atoms with Crippen molar-refractivity contribution in [3.05, 3.63) is 18.0 Å². The van der Waals surface area contributed by atoms with Crippen LogP contribution in [0.1, 0.15) is 45.2 Å². The minimum Gasteiger partial charge on any atom is -0.468 e. The van der Waals surface area contributed by atoms with Crippen LogP contribution in [-0.4, -0.2) is 34.9 Å². The summed E-state index contributed by atoms with van der Waals surface area (Å²) in [7, 11) is 1.45. The molecule has 0 amide bonds. The van der Waals surface area contributed by atoms with Gasteiger partial charge in [0, 0.05) is 18.4 Å². The minimum atomic E-state index is -0.579. The molecule has 0 aliphatic heterocycles. The van der Waals surface area contributed by atoms with E-state index in [9.17, 15) is 4.79 Å². The standard InChI is InChI=1S/C15H27N3O2/c1-5-10-16-15(3,14(19)20-4)9-6-7-12-18-13(2)8-11-17-18/h8,11,16H,5-7,9-10,12H2,1-4H3. The second-order valence-corrected chi connectivity index (χ2v) is 5.40. The van der Waals surface area contributed by atoms with Gasteiger partial charge in [-0.3, -0.25) is 9.48 Å². The van der Waals surface area contributed by atoms with E-state index in [-0.39, 0.29) is 5.97 Å². The molecule has 0 aliphatic carbocycles. The molecule has 1 heterocycles. The van der Waals surface area contributed by atoms with E-state index in [1.54, 1.807) is 0 Å². The van der Waals surface area contributed by atoms with Crippen molar-refractivity contribution < 1.29 is 9.53 Å². The fraction of sp³-hybridized carbons (Fsp3) is 0.733. The van der Waals surface area contributed by atoms with E-state index in [0.29, 0.717) is 0 Å². The third kappa shape index (κ3) is 4.63. The molecule has 1 N–H and O–H groups in total. The topological polar surface area (TPSA) is 56.2 Å². The highest BCUT2D eigenvalue weighted by Crippen LogP contribution is 2.16. The van der Waals surface area contributed by atoms with E-state index in [1.165, 1.54) is 12.8 Å². The lowest BCUT2D eigenvalue weighted by molar-refractivity contribution is -0.148. The number of hydrogen-bond donors (Lipinski definition) is 1. The Bertz CT molecular complexity index is 417.